The molecule has 0 bridgehead atoms. The van der Waals surface area contributed by atoms with Gasteiger partial charge in [0.25, 0.3) is 0 Å². The summed E-state index contributed by atoms with van der Waals surface area (Å²) in [4.78, 5) is 2.15. The fourth-order valence-electron chi connectivity index (χ4n) is 1.90. The third kappa shape index (κ3) is 4.67. The van der Waals surface area contributed by atoms with Gasteiger partial charge in [0, 0.05) is 32.8 Å². The fourth-order valence-corrected chi connectivity index (χ4v) is 1.90. The lowest BCUT2D eigenvalue weighted by molar-refractivity contribution is -0.125. The van der Waals surface area contributed by atoms with Gasteiger partial charge >= 0.3 is 6.18 Å². The molecule has 96 valence electrons. The molecular weight excluding hydrogens is 221 g/mol. The Bertz CT molecular complexity index is 211. The smallest absolute Gasteiger partial charge is 0.380 e. The predicted octanol–water partition coefficient (Wildman–Crippen LogP) is 1.25. The number of ether oxygens (including phenoxy) is 1. The van der Waals surface area contributed by atoms with Gasteiger partial charge in [-0.25, -0.2) is 0 Å². The minimum absolute atomic E-state index is 0.113. The first-order valence-electron chi connectivity index (χ1n) is 5.46. The fraction of sp³-hybridized carbons (Fsp3) is 1.00. The van der Waals surface area contributed by atoms with Crippen molar-refractivity contribution in [2.45, 2.75) is 31.7 Å². The number of nitrogens with zero attached hydrogens (tertiary/aromatic N) is 1. The van der Waals surface area contributed by atoms with Crippen LogP contribution in [0.4, 0.5) is 13.2 Å². The summed E-state index contributed by atoms with van der Waals surface area (Å²) in [6.07, 6.45) is -2.94. The number of halogens is 3. The van der Waals surface area contributed by atoms with E-state index in [1.807, 2.05) is 6.92 Å². The van der Waals surface area contributed by atoms with Crippen molar-refractivity contribution in [1.29, 1.82) is 0 Å². The molecule has 1 aliphatic heterocycles. The number of alkyl halides is 3. The maximum absolute atomic E-state index is 11.9. The molecule has 0 spiro atoms. The van der Waals surface area contributed by atoms with E-state index in [1.54, 1.807) is 7.11 Å². The topological polar surface area (TPSA) is 24.5 Å². The van der Waals surface area contributed by atoms with Gasteiger partial charge in [0.1, 0.15) is 0 Å². The molecule has 2 unspecified atom stereocenters. The Morgan fingerprint density at radius 3 is 2.69 bits per heavy atom. The van der Waals surface area contributed by atoms with Crippen molar-refractivity contribution < 1.29 is 17.9 Å². The highest BCUT2D eigenvalue weighted by Gasteiger charge is 2.28. The van der Waals surface area contributed by atoms with Crippen molar-refractivity contribution in [2.75, 3.05) is 33.3 Å². The van der Waals surface area contributed by atoms with Crippen LogP contribution in [0.2, 0.25) is 0 Å². The van der Waals surface area contributed by atoms with Gasteiger partial charge in [-0.2, -0.15) is 13.2 Å². The van der Waals surface area contributed by atoms with Crippen LogP contribution in [-0.2, 0) is 4.74 Å². The third-order valence-corrected chi connectivity index (χ3v) is 2.90. The molecule has 1 heterocycles. The van der Waals surface area contributed by atoms with E-state index in [2.05, 4.69) is 10.2 Å². The molecule has 0 amide bonds. The minimum atomic E-state index is -4.13. The van der Waals surface area contributed by atoms with Crippen LogP contribution in [0.15, 0.2) is 0 Å². The second kappa shape index (κ2) is 5.84. The Balaban J connectivity index is 2.18. The van der Waals surface area contributed by atoms with E-state index in [-0.39, 0.29) is 12.1 Å². The van der Waals surface area contributed by atoms with Crippen LogP contribution in [0, 0.1) is 0 Å². The van der Waals surface area contributed by atoms with Crippen LogP contribution in [0.3, 0.4) is 0 Å². The summed E-state index contributed by atoms with van der Waals surface area (Å²) in [5.74, 6) is 0. The average Bonchev–Trinajstić information content (AvgIpc) is 2.63. The molecule has 16 heavy (non-hydrogen) atoms. The van der Waals surface area contributed by atoms with Gasteiger partial charge in [-0.3, -0.25) is 4.90 Å². The molecule has 1 N–H and O–H groups in total. The Labute approximate surface area is 93.9 Å². The maximum Gasteiger partial charge on any atom is 0.401 e. The summed E-state index contributed by atoms with van der Waals surface area (Å²) < 4.78 is 40.9. The van der Waals surface area contributed by atoms with Crippen molar-refractivity contribution in [1.82, 2.24) is 10.2 Å². The molecule has 6 heteroatoms. The molecular formula is C10H19F3N2O. The summed E-state index contributed by atoms with van der Waals surface area (Å²) in [6, 6.07) is 0.113. The SMILES string of the molecule is COC1CCN(C(C)CNCC(F)(F)F)C1. The minimum Gasteiger partial charge on any atom is -0.380 e. The highest BCUT2D eigenvalue weighted by Crippen LogP contribution is 2.15. The zero-order chi connectivity index (χ0) is 12.2. The van der Waals surface area contributed by atoms with E-state index < -0.39 is 12.7 Å². The second-order valence-corrected chi connectivity index (χ2v) is 4.24. The van der Waals surface area contributed by atoms with E-state index in [0.717, 1.165) is 19.5 Å². The normalized spacial score (nSPS) is 24.9. The number of likely N-dealkylation sites (tertiary alicyclic amines) is 1. The average molecular weight is 240 g/mol. The lowest BCUT2D eigenvalue weighted by atomic mass is 10.3. The van der Waals surface area contributed by atoms with Crippen LogP contribution in [-0.4, -0.2) is 56.5 Å². The largest absolute Gasteiger partial charge is 0.401 e. The standard InChI is InChI=1S/C10H19F3N2O/c1-8(5-14-7-10(11,12)13)15-4-3-9(6-15)16-2/h8-9,14H,3-7H2,1-2H3. The monoisotopic (exact) mass is 240 g/mol. The van der Waals surface area contributed by atoms with E-state index in [0.29, 0.717) is 6.54 Å². The Morgan fingerprint density at radius 1 is 1.50 bits per heavy atom. The first-order chi connectivity index (χ1) is 7.42. The van der Waals surface area contributed by atoms with Gasteiger partial charge in [-0.1, -0.05) is 0 Å². The molecule has 1 saturated heterocycles. The highest BCUT2D eigenvalue weighted by molar-refractivity contribution is 4.81. The molecule has 0 saturated carbocycles. The number of hydrogen-bond acceptors (Lipinski definition) is 3. The molecule has 3 nitrogen and oxygen atoms in total. The van der Waals surface area contributed by atoms with Gasteiger partial charge in [-0.05, 0) is 13.3 Å². The number of hydrogen-bond donors (Lipinski definition) is 1. The Kier molecular flexibility index (Phi) is 5.01. The number of methoxy groups -OCH3 is 1. The lowest BCUT2D eigenvalue weighted by Gasteiger charge is -2.24. The summed E-state index contributed by atoms with van der Waals surface area (Å²) in [6.45, 7) is 3.08. The third-order valence-electron chi connectivity index (χ3n) is 2.90. The molecule has 0 aromatic heterocycles. The summed E-state index contributed by atoms with van der Waals surface area (Å²) in [5, 5.41) is 2.43. The van der Waals surface area contributed by atoms with Crippen molar-refractivity contribution in [2.24, 2.45) is 0 Å². The van der Waals surface area contributed by atoms with Gasteiger partial charge in [0.15, 0.2) is 0 Å². The first-order valence-corrected chi connectivity index (χ1v) is 5.46. The zero-order valence-corrected chi connectivity index (χ0v) is 9.68. The molecule has 0 radical (unpaired) electrons. The molecule has 2 atom stereocenters. The van der Waals surface area contributed by atoms with Crippen molar-refractivity contribution in [3.05, 3.63) is 0 Å². The van der Waals surface area contributed by atoms with Gasteiger partial charge in [-0.15, -0.1) is 0 Å². The van der Waals surface area contributed by atoms with Crippen molar-refractivity contribution in [3.63, 3.8) is 0 Å². The first kappa shape index (κ1) is 13.7. The highest BCUT2D eigenvalue weighted by atomic mass is 19.4. The van der Waals surface area contributed by atoms with Crippen LogP contribution in [0.1, 0.15) is 13.3 Å². The number of rotatable bonds is 5. The van der Waals surface area contributed by atoms with E-state index in [4.69, 9.17) is 4.74 Å². The summed E-state index contributed by atoms with van der Waals surface area (Å²) in [5.41, 5.74) is 0. The van der Waals surface area contributed by atoms with E-state index >= 15 is 0 Å². The Hall–Kier alpha value is -0.330. The van der Waals surface area contributed by atoms with Gasteiger partial charge in [0.2, 0.25) is 0 Å². The summed E-state index contributed by atoms with van der Waals surface area (Å²) in [7, 11) is 1.67. The van der Waals surface area contributed by atoms with Crippen LogP contribution >= 0.6 is 0 Å². The van der Waals surface area contributed by atoms with Crippen LogP contribution in [0.5, 0.6) is 0 Å². The molecule has 0 aliphatic carbocycles. The summed E-state index contributed by atoms with van der Waals surface area (Å²) >= 11 is 0. The van der Waals surface area contributed by atoms with Gasteiger partial charge in [0.05, 0.1) is 12.6 Å². The molecule has 1 aliphatic rings. The molecule has 0 aromatic rings. The van der Waals surface area contributed by atoms with Gasteiger partial charge < -0.3 is 10.1 Å². The predicted molar refractivity (Wildman–Crippen MR) is 55.4 cm³/mol. The maximum atomic E-state index is 11.9. The zero-order valence-electron chi connectivity index (χ0n) is 9.68. The van der Waals surface area contributed by atoms with Crippen molar-refractivity contribution >= 4 is 0 Å². The molecule has 1 rings (SSSR count). The Morgan fingerprint density at radius 2 is 2.19 bits per heavy atom. The van der Waals surface area contributed by atoms with E-state index in [1.165, 1.54) is 0 Å². The second-order valence-electron chi connectivity index (χ2n) is 4.24. The molecule has 0 aromatic carbocycles. The quantitative estimate of drug-likeness (QED) is 0.782. The number of nitrogens with one attached hydrogen (secondary N) is 1. The lowest BCUT2D eigenvalue weighted by Crippen LogP contribution is -2.42. The van der Waals surface area contributed by atoms with Crippen LogP contribution in [0.25, 0.3) is 0 Å². The van der Waals surface area contributed by atoms with E-state index in [9.17, 15) is 13.2 Å². The molecule has 1 fully saturated rings. The van der Waals surface area contributed by atoms with Crippen molar-refractivity contribution in [3.8, 4) is 0 Å². The van der Waals surface area contributed by atoms with Crippen LogP contribution < -0.4 is 5.32 Å².